The Balaban J connectivity index is 1.90. The predicted molar refractivity (Wildman–Crippen MR) is 83.9 cm³/mol. The number of benzene rings is 1. The SMILES string of the molecule is COc1ccc2[nH]c3c(c2c1)CCN=C3C1(C(=O)O)CCC1. The van der Waals surface area contributed by atoms with Crippen LogP contribution in [0.2, 0.25) is 0 Å². The van der Waals surface area contributed by atoms with Gasteiger partial charge in [0.15, 0.2) is 0 Å². The third-order valence-corrected chi connectivity index (χ3v) is 5.05. The molecule has 1 fully saturated rings. The monoisotopic (exact) mass is 298 g/mol. The van der Waals surface area contributed by atoms with Crippen LogP contribution in [0.3, 0.4) is 0 Å². The number of nitrogens with zero attached hydrogens (tertiary/aromatic N) is 1. The molecule has 22 heavy (non-hydrogen) atoms. The fourth-order valence-electron chi connectivity index (χ4n) is 3.65. The van der Waals surface area contributed by atoms with Gasteiger partial charge < -0.3 is 14.8 Å². The van der Waals surface area contributed by atoms with Crippen LogP contribution in [-0.2, 0) is 11.2 Å². The molecule has 2 aliphatic rings. The van der Waals surface area contributed by atoms with Crippen molar-refractivity contribution in [3.8, 4) is 5.75 Å². The second kappa shape index (κ2) is 4.60. The molecule has 1 aliphatic carbocycles. The summed E-state index contributed by atoms with van der Waals surface area (Å²) in [5.41, 5.74) is 3.05. The Kier molecular flexibility index (Phi) is 2.79. The molecule has 0 unspecified atom stereocenters. The molecule has 1 aromatic heterocycles. The zero-order valence-electron chi connectivity index (χ0n) is 12.5. The Hall–Kier alpha value is -2.30. The Morgan fingerprint density at radius 3 is 2.86 bits per heavy atom. The topological polar surface area (TPSA) is 74.7 Å². The molecule has 4 rings (SSSR count). The van der Waals surface area contributed by atoms with E-state index in [2.05, 4.69) is 9.98 Å². The van der Waals surface area contributed by atoms with E-state index in [1.165, 1.54) is 5.56 Å². The molecule has 0 amide bonds. The molecule has 114 valence electrons. The molecule has 2 N–H and O–H groups in total. The van der Waals surface area contributed by atoms with Crippen molar-refractivity contribution >= 4 is 22.6 Å². The number of carboxylic acid groups (broad SMARTS) is 1. The Labute approximate surface area is 128 Å². The standard InChI is InChI=1S/C17H18N2O3/c1-22-10-3-4-13-12(9-10)11-5-8-18-15(14(11)19-13)17(16(20)21)6-2-7-17/h3-4,9,19H,2,5-8H2,1H3,(H,20,21). The van der Waals surface area contributed by atoms with E-state index in [0.717, 1.165) is 40.9 Å². The second-order valence-electron chi connectivity index (χ2n) is 6.11. The summed E-state index contributed by atoms with van der Waals surface area (Å²) in [7, 11) is 1.65. The first-order valence-electron chi connectivity index (χ1n) is 7.63. The van der Waals surface area contributed by atoms with Crippen molar-refractivity contribution in [3.63, 3.8) is 0 Å². The van der Waals surface area contributed by atoms with E-state index in [-0.39, 0.29) is 0 Å². The number of aromatic nitrogens is 1. The number of methoxy groups -OCH3 is 1. The van der Waals surface area contributed by atoms with E-state index in [0.29, 0.717) is 19.4 Å². The highest BCUT2D eigenvalue weighted by Crippen LogP contribution is 2.46. The van der Waals surface area contributed by atoms with Gasteiger partial charge in [-0.05, 0) is 43.0 Å². The number of aliphatic imine (C=N–C) groups is 1. The average molecular weight is 298 g/mol. The number of nitrogens with one attached hydrogen (secondary N) is 1. The Bertz CT molecular complexity index is 800. The molecule has 0 spiro atoms. The van der Waals surface area contributed by atoms with Crippen molar-refractivity contribution in [2.24, 2.45) is 10.4 Å². The van der Waals surface area contributed by atoms with E-state index >= 15 is 0 Å². The van der Waals surface area contributed by atoms with Crippen LogP contribution < -0.4 is 4.74 Å². The fourth-order valence-corrected chi connectivity index (χ4v) is 3.65. The maximum Gasteiger partial charge on any atom is 0.315 e. The highest BCUT2D eigenvalue weighted by Gasteiger charge is 2.50. The van der Waals surface area contributed by atoms with Gasteiger partial charge in [-0.2, -0.15) is 0 Å². The molecule has 0 saturated heterocycles. The normalized spacial score (nSPS) is 19.2. The van der Waals surface area contributed by atoms with Crippen LogP contribution in [0, 0.1) is 5.41 Å². The van der Waals surface area contributed by atoms with Gasteiger partial charge in [-0.15, -0.1) is 0 Å². The number of hydrogen-bond donors (Lipinski definition) is 2. The van der Waals surface area contributed by atoms with Crippen molar-refractivity contribution in [2.45, 2.75) is 25.7 Å². The number of ether oxygens (including phenoxy) is 1. The van der Waals surface area contributed by atoms with Gasteiger partial charge in [0.2, 0.25) is 0 Å². The summed E-state index contributed by atoms with van der Waals surface area (Å²) in [6.45, 7) is 0.654. The van der Waals surface area contributed by atoms with Gasteiger partial charge >= 0.3 is 5.97 Å². The first kappa shape index (κ1) is 13.4. The summed E-state index contributed by atoms with van der Waals surface area (Å²) in [4.78, 5) is 19.8. The summed E-state index contributed by atoms with van der Waals surface area (Å²) in [5, 5.41) is 10.8. The van der Waals surface area contributed by atoms with Gasteiger partial charge in [0, 0.05) is 17.4 Å². The molecule has 1 aliphatic heterocycles. The van der Waals surface area contributed by atoms with Crippen LogP contribution in [0.5, 0.6) is 5.75 Å². The maximum absolute atomic E-state index is 11.8. The van der Waals surface area contributed by atoms with Crippen LogP contribution in [0.4, 0.5) is 0 Å². The number of aliphatic carboxylic acids is 1. The second-order valence-corrected chi connectivity index (χ2v) is 6.11. The van der Waals surface area contributed by atoms with Crippen LogP contribution in [-0.4, -0.2) is 35.4 Å². The van der Waals surface area contributed by atoms with Crippen molar-refractivity contribution in [2.75, 3.05) is 13.7 Å². The first-order valence-corrected chi connectivity index (χ1v) is 7.63. The number of fused-ring (bicyclic) bond motifs is 3. The van der Waals surface area contributed by atoms with Crippen molar-refractivity contribution < 1.29 is 14.6 Å². The molecule has 2 aromatic rings. The van der Waals surface area contributed by atoms with E-state index in [4.69, 9.17) is 4.74 Å². The van der Waals surface area contributed by atoms with Crippen LogP contribution in [0.1, 0.15) is 30.5 Å². The highest BCUT2D eigenvalue weighted by molar-refractivity contribution is 6.18. The number of H-pyrrole nitrogens is 1. The molecule has 1 saturated carbocycles. The molecular formula is C17H18N2O3. The van der Waals surface area contributed by atoms with E-state index < -0.39 is 11.4 Å². The zero-order valence-corrected chi connectivity index (χ0v) is 12.5. The van der Waals surface area contributed by atoms with Gasteiger partial charge in [0.05, 0.1) is 18.5 Å². The Morgan fingerprint density at radius 1 is 1.41 bits per heavy atom. The number of aromatic amines is 1. The van der Waals surface area contributed by atoms with Crippen molar-refractivity contribution in [3.05, 3.63) is 29.5 Å². The van der Waals surface area contributed by atoms with Crippen LogP contribution in [0.15, 0.2) is 23.2 Å². The van der Waals surface area contributed by atoms with E-state index in [1.54, 1.807) is 7.11 Å². The van der Waals surface area contributed by atoms with Gasteiger partial charge in [-0.25, -0.2) is 0 Å². The summed E-state index contributed by atoms with van der Waals surface area (Å²) in [5.74, 6) is 0.0662. The molecule has 1 aromatic carbocycles. The van der Waals surface area contributed by atoms with E-state index in [9.17, 15) is 9.90 Å². The van der Waals surface area contributed by atoms with Crippen LogP contribution >= 0.6 is 0 Å². The molecule has 5 nitrogen and oxygen atoms in total. The summed E-state index contributed by atoms with van der Waals surface area (Å²) < 4.78 is 5.31. The lowest BCUT2D eigenvalue weighted by molar-refractivity contribution is -0.148. The fraction of sp³-hybridized carbons (Fsp3) is 0.412. The lowest BCUT2D eigenvalue weighted by Crippen LogP contribution is -2.46. The Morgan fingerprint density at radius 2 is 2.23 bits per heavy atom. The summed E-state index contributed by atoms with van der Waals surface area (Å²) >= 11 is 0. The lowest BCUT2D eigenvalue weighted by Gasteiger charge is -2.39. The largest absolute Gasteiger partial charge is 0.497 e. The summed E-state index contributed by atoms with van der Waals surface area (Å²) in [6.07, 6.45) is 3.15. The first-order chi connectivity index (χ1) is 10.7. The molecule has 0 radical (unpaired) electrons. The van der Waals surface area contributed by atoms with Crippen molar-refractivity contribution in [1.29, 1.82) is 0 Å². The van der Waals surface area contributed by atoms with E-state index in [1.807, 2.05) is 18.2 Å². The molecule has 5 heteroatoms. The van der Waals surface area contributed by atoms with Gasteiger partial charge in [-0.3, -0.25) is 9.79 Å². The van der Waals surface area contributed by atoms with Gasteiger partial charge in [-0.1, -0.05) is 6.42 Å². The maximum atomic E-state index is 11.8. The minimum absolute atomic E-state index is 0.654. The molecule has 0 bridgehead atoms. The minimum Gasteiger partial charge on any atom is -0.497 e. The highest BCUT2D eigenvalue weighted by atomic mass is 16.5. The molecule has 0 atom stereocenters. The number of rotatable bonds is 3. The quantitative estimate of drug-likeness (QED) is 0.915. The smallest absolute Gasteiger partial charge is 0.315 e. The lowest BCUT2D eigenvalue weighted by atomic mass is 9.64. The van der Waals surface area contributed by atoms with Gasteiger partial charge in [0.1, 0.15) is 11.2 Å². The minimum atomic E-state index is -0.792. The molecular weight excluding hydrogens is 280 g/mol. The number of hydrogen-bond acceptors (Lipinski definition) is 3. The zero-order chi connectivity index (χ0) is 15.3. The number of carboxylic acids is 1. The third-order valence-electron chi connectivity index (χ3n) is 5.05. The molecule has 2 heterocycles. The number of carbonyl (C=O) groups is 1. The van der Waals surface area contributed by atoms with Gasteiger partial charge in [0.25, 0.3) is 0 Å². The average Bonchev–Trinajstić information content (AvgIpc) is 2.84. The third kappa shape index (κ3) is 1.65. The van der Waals surface area contributed by atoms with Crippen LogP contribution in [0.25, 0.3) is 10.9 Å². The summed E-state index contributed by atoms with van der Waals surface area (Å²) in [6, 6.07) is 5.91. The van der Waals surface area contributed by atoms with Crippen molar-refractivity contribution in [1.82, 2.24) is 4.98 Å². The predicted octanol–water partition coefficient (Wildman–Crippen LogP) is 2.78.